The Labute approximate surface area is 121 Å². The highest BCUT2D eigenvalue weighted by atomic mass is 16.6. The minimum absolute atomic E-state index is 0.0663. The summed E-state index contributed by atoms with van der Waals surface area (Å²) in [5.74, 6) is -0.346. The Balaban J connectivity index is 1.95. The minimum atomic E-state index is -0.789. The van der Waals surface area contributed by atoms with Gasteiger partial charge in [-0.05, 0) is 24.1 Å². The van der Waals surface area contributed by atoms with E-state index >= 15 is 0 Å². The molecule has 0 fully saturated rings. The lowest BCUT2D eigenvalue weighted by atomic mass is 10.1. The van der Waals surface area contributed by atoms with Crippen LogP contribution in [0, 0.1) is 10.1 Å². The second-order valence-electron chi connectivity index (χ2n) is 4.47. The Hall–Kier alpha value is -2.73. The van der Waals surface area contributed by atoms with Crippen molar-refractivity contribution in [2.24, 2.45) is 5.73 Å². The van der Waals surface area contributed by atoms with E-state index in [2.05, 4.69) is 0 Å². The van der Waals surface area contributed by atoms with Crippen molar-refractivity contribution in [3.63, 3.8) is 0 Å². The lowest BCUT2D eigenvalue weighted by molar-refractivity contribution is -0.384. The molecule has 0 saturated heterocycles. The third-order valence-electron chi connectivity index (χ3n) is 2.87. The average Bonchev–Trinajstić information content (AvgIpc) is 2.48. The summed E-state index contributed by atoms with van der Waals surface area (Å²) in [6.07, 6.45) is 0.368. The summed E-state index contributed by atoms with van der Waals surface area (Å²) in [4.78, 5) is 21.9. The number of nitrogens with two attached hydrogens (primary N) is 1. The molecule has 0 amide bonds. The van der Waals surface area contributed by atoms with E-state index in [1.165, 1.54) is 24.3 Å². The molecule has 0 aliphatic carbocycles. The van der Waals surface area contributed by atoms with Gasteiger partial charge in [0.15, 0.2) is 0 Å². The monoisotopic (exact) mass is 286 g/mol. The summed E-state index contributed by atoms with van der Waals surface area (Å²) < 4.78 is 5.10. The number of hydrogen-bond acceptors (Lipinski definition) is 5. The van der Waals surface area contributed by atoms with Gasteiger partial charge in [0.1, 0.15) is 11.8 Å². The van der Waals surface area contributed by atoms with E-state index in [4.69, 9.17) is 10.5 Å². The smallest absolute Gasteiger partial charge is 0.328 e. The summed E-state index contributed by atoms with van der Waals surface area (Å²) in [7, 11) is 0. The zero-order valence-electron chi connectivity index (χ0n) is 11.1. The van der Waals surface area contributed by atoms with E-state index in [1.54, 1.807) is 0 Å². The molecule has 21 heavy (non-hydrogen) atoms. The molecule has 2 N–H and O–H groups in total. The highest BCUT2D eigenvalue weighted by Gasteiger charge is 2.17. The van der Waals surface area contributed by atoms with Gasteiger partial charge in [0, 0.05) is 12.1 Å². The van der Waals surface area contributed by atoms with Crippen molar-refractivity contribution in [2.45, 2.75) is 12.5 Å². The first kappa shape index (κ1) is 14.7. The maximum Gasteiger partial charge on any atom is 0.328 e. The summed E-state index contributed by atoms with van der Waals surface area (Å²) >= 11 is 0. The molecule has 0 heterocycles. The number of carbonyl (C=O) groups excluding carboxylic acids is 1. The maximum absolute atomic E-state index is 11.9. The Morgan fingerprint density at radius 2 is 1.76 bits per heavy atom. The number of nitro benzene ring substituents is 1. The van der Waals surface area contributed by atoms with Gasteiger partial charge in [-0.25, -0.2) is 4.79 Å². The number of esters is 1. The molecule has 6 heteroatoms. The molecule has 2 aromatic rings. The van der Waals surface area contributed by atoms with Gasteiger partial charge in [-0.1, -0.05) is 30.3 Å². The molecule has 2 rings (SSSR count). The lowest BCUT2D eigenvalue weighted by Gasteiger charge is -2.11. The van der Waals surface area contributed by atoms with E-state index in [1.807, 2.05) is 30.3 Å². The van der Waals surface area contributed by atoms with Gasteiger partial charge in [-0.2, -0.15) is 0 Å². The summed E-state index contributed by atoms with van der Waals surface area (Å²) in [6, 6.07) is 13.8. The van der Waals surface area contributed by atoms with Crippen LogP contribution in [0.3, 0.4) is 0 Å². The maximum atomic E-state index is 11.9. The van der Waals surface area contributed by atoms with Gasteiger partial charge in [0.05, 0.1) is 4.92 Å². The van der Waals surface area contributed by atoms with Crippen molar-refractivity contribution in [1.82, 2.24) is 0 Å². The molecule has 0 aliphatic rings. The van der Waals surface area contributed by atoms with Crippen LogP contribution < -0.4 is 10.5 Å². The number of benzene rings is 2. The van der Waals surface area contributed by atoms with E-state index in [-0.39, 0.29) is 11.4 Å². The molecule has 6 nitrogen and oxygen atoms in total. The predicted molar refractivity (Wildman–Crippen MR) is 76.9 cm³/mol. The van der Waals surface area contributed by atoms with Crippen LogP contribution in [0.5, 0.6) is 5.75 Å². The van der Waals surface area contributed by atoms with Crippen molar-refractivity contribution in [1.29, 1.82) is 0 Å². The fourth-order valence-corrected chi connectivity index (χ4v) is 1.78. The van der Waals surface area contributed by atoms with E-state index < -0.39 is 16.9 Å². The first-order chi connectivity index (χ1) is 10.1. The fraction of sp³-hybridized carbons (Fsp3) is 0.133. The first-order valence-corrected chi connectivity index (χ1v) is 6.32. The highest BCUT2D eigenvalue weighted by molar-refractivity contribution is 5.78. The van der Waals surface area contributed by atoms with Crippen LogP contribution in [-0.2, 0) is 11.2 Å². The molecular weight excluding hydrogens is 272 g/mol. The number of non-ortho nitro benzene ring substituents is 1. The molecule has 2 aromatic carbocycles. The quantitative estimate of drug-likeness (QED) is 0.393. The number of carbonyl (C=O) groups is 1. The van der Waals surface area contributed by atoms with Gasteiger partial charge < -0.3 is 10.5 Å². The van der Waals surface area contributed by atoms with Gasteiger partial charge in [-0.3, -0.25) is 10.1 Å². The van der Waals surface area contributed by atoms with Gasteiger partial charge in [0.25, 0.3) is 5.69 Å². The van der Waals surface area contributed by atoms with Crippen LogP contribution in [0.1, 0.15) is 5.56 Å². The molecule has 0 spiro atoms. The zero-order chi connectivity index (χ0) is 15.2. The molecule has 0 saturated carbocycles. The predicted octanol–water partition coefficient (Wildman–Crippen LogP) is 2.07. The molecule has 0 bridgehead atoms. The van der Waals surface area contributed by atoms with Gasteiger partial charge >= 0.3 is 5.97 Å². The van der Waals surface area contributed by atoms with Crippen LogP contribution in [0.2, 0.25) is 0 Å². The molecule has 0 aliphatic heterocycles. The summed E-state index contributed by atoms with van der Waals surface area (Å²) in [5, 5.41) is 10.5. The van der Waals surface area contributed by atoms with E-state index in [9.17, 15) is 14.9 Å². The third kappa shape index (κ3) is 4.12. The number of ether oxygens (including phenoxy) is 1. The highest BCUT2D eigenvalue weighted by Crippen LogP contribution is 2.17. The molecule has 0 radical (unpaired) electrons. The van der Waals surface area contributed by atoms with Crippen molar-refractivity contribution in [3.05, 3.63) is 70.3 Å². The lowest BCUT2D eigenvalue weighted by Crippen LogP contribution is -2.36. The van der Waals surface area contributed by atoms with Crippen LogP contribution >= 0.6 is 0 Å². The average molecular weight is 286 g/mol. The van der Waals surface area contributed by atoms with Crippen molar-refractivity contribution in [2.75, 3.05) is 0 Å². The third-order valence-corrected chi connectivity index (χ3v) is 2.87. The largest absolute Gasteiger partial charge is 0.425 e. The SMILES string of the molecule is NC(Cc1ccccc1)C(=O)Oc1ccc([N+](=O)[O-])cc1. The van der Waals surface area contributed by atoms with Crippen molar-refractivity contribution in [3.8, 4) is 5.75 Å². The molecule has 0 aromatic heterocycles. The fourth-order valence-electron chi connectivity index (χ4n) is 1.78. The molecule has 1 atom stereocenters. The Bertz CT molecular complexity index is 626. The molecular formula is C15H14N2O4. The number of nitrogens with zero attached hydrogens (tertiary/aromatic N) is 1. The summed E-state index contributed by atoms with van der Waals surface area (Å²) in [5.41, 5.74) is 6.66. The Morgan fingerprint density at radius 1 is 1.14 bits per heavy atom. The normalized spacial score (nSPS) is 11.7. The number of nitro groups is 1. The van der Waals surface area contributed by atoms with Crippen molar-refractivity contribution >= 4 is 11.7 Å². The first-order valence-electron chi connectivity index (χ1n) is 6.32. The van der Waals surface area contributed by atoms with Gasteiger partial charge in [-0.15, -0.1) is 0 Å². The second-order valence-corrected chi connectivity index (χ2v) is 4.47. The topological polar surface area (TPSA) is 95.5 Å². The number of rotatable bonds is 5. The summed E-state index contributed by atoms with van der Waals surface area (Å²) in [6.45, 7) is 0. The standard InChI is InChI=1S/C15H14N2O4/c16-14(10-11-4-2-1-3-5-11)15(18)21-13-8-6-12(7-9-13)17(19)20/h1-9,14H,10,16H2. The van der Waals surface area contributed by atoms with Crippen molar-refractivity contribution < 1.29 is 14.5 Å². The molecule has 108 valence electrons. The number of hydrogen-bond donors (Lipinski definition) is 1. The second kappa shape index (κ2) is 6.62. The zero-order valence-corrected chi connectivity index (χ0v) is 11.1. The van der Waals surface area contributed by atoms with E-state index in [0.717, 1.165) is 5.56 Å². The Kier molecular flexibility index (Phi) is 4.63. The Morgan fingerprint density at radius 3 is 2.33 bits per heavy atom. The van der Waals surface area contributed by atoms with Gasteiger partial charge in [0.2, 0.25) is 0 Å². The minimum Gasteiger partial charge on any atom is -0.425 e. The van der Waals surface area contributed by atoms with Crippen LogP contribution in [0.4, 0.5) is 5.69 Å². The van der Waals surface area contributed by atoms with Crippen LogP contribution in [-0.4, -0.2) is 16.9 Å². The van der Waals surface area contributed by atoms with Crippen LogP contribution in [0.25, 0.3) is 0 Å². The molecule has 1 unspecified atom stereocenters. The van der Waals surface area contributed by atoms with E-state index in [0.29, 0.717) is 6.42 Å². The van der Waals surface area contributed by atoms with Crippen LogP contribution in [0.15, 0.2) is 54.6 Å².